The Bertz CT molecular complexity index is 539. The molecule has 1 aromatic heterocycles. The third kappa shape index (κ3) is 3.06. The van der Waals surface area contributed by atoms with Crippen LogP contribution in [0.2, 0.25) is 0 Å². The van der Waals surface area contributed by atoms with Crippen LogP contribution in [0, 0.1) is 0 Å². The van der Waals surface area contributed by atoms with Gasteiger partial charge < -0.3 is 5.11 Å². The van der Waals surface area contributed by atoms with Gasteiger partial charge in [0.05, 0.1) is 17.5 Å². The molecule has 94 valence electrons. The molecule has 17 heavy (non-hydrogen) atoms. The topological polar surface area (TPSA) is 83.5 Å². The molecule has 5 nitrogen and oxygen atoms in total. The number of rotatable bonds is 2. The van der Waals surface area contributed by atoms with Crippen molar-refractivity contribution in [2.75, 3.05) is 11.5 Å². The molecule has 0 bridgehead atoms. The summed E-state index contributed by atoms with van der Waals surface area (Å²) in [7, 11) is -3.32. The molecular formula is C9H10BrNO4S2. The average molecular weight is 340 g/mol. The fraction of sp³-hybridized carbons (Fsp3) is 0.444. The summed E-state index contributed by atoms with van der Waals surface area (Å²) >= 11 is 4.69. The van der Waals surface area contributed by atoms with Gasteiger partial charge in [-0.2, -0.15) is 0 Å². The molecule has 2 rings (SSSR count). The van der Waals surface area contributed by atoms with Gasteiger partial charge >= 0.3 is 5.97 Å². The van der Waals surface area contributed by atoms with E-state index in [1.165, 1.54) is 11.3 Å². The predicted octanol–water partition coefficient (Wildman–Crippen LogP) is 1.02. The monoisotopic (exact) mass is 339 g/mol. The first-order valence-electron chi connectivity index (χ1n) is 4.80. The summed E-state index contributed by atoms with van der Waals surface area (Å²) in [6, 6.07) is 0.341. The highest BCUT2D eigenvalue weighted by Crippen LogP contribution is 2.29. The van der Waals surface area contributed by atoms with E-state index in [0.717, 1.165) is 9.35 Å². The number of sulfone groups is 1. The molecule has 0 aliphatic carbocycles. The van der Waals surface area contributed by atoms with Crippen molar-refractivity contribution in [3.05, 3.63) is 20.8 Å². The lowest BCUT2D eigenvalue weighted by Gasteiger charge is -2.27. The van der Waals surface area contributed by atoms with E-state index in [1.54, 1.807) is 0 Å². The fourth-order valence-electron chi connectivity index (χ4n) is 1.73. The summed E-state index contributed by atoms with van der Waals surface area (Å²) in [6.45, 7) is 0. The second kappa shape index (κ2) is 4.68. The van der Waals surface area contributed by atoms with Crippen molar-refractivity contribution in [1.82, 2.24) is 5.32 Å². The number of halogens is 1. The predicted molar refractivity (Wildman–Crippen MR) is 68.0 cm³/mol. The Balaban J connectivity index is 2.27. The van der Waals surface area contributed by atoms with Crippen molar-refractivity contribution in [3.8, 4) is 0 Å². The molecule has 2 heterocycles. The molecule has 1 aliphatic heterocycles. The Kier molecular flexibility index (Phi) is 3.58. The SMILES string of the molecule is O=C(O)C1CS(=O)(=O)CC(c2cc(Br)cs2)N1. The highest BCUT2D eigenvalue weighted by Gasteiger charge is 2.36. The lowest BCUT2D eigenvalue weighted by atomic mass is 10.2. The number of thiophene rings is 1. The third-order valence-corrected chi connectivity index (χ3v) is 5.96. The Hall–Kier alpha value is -0.440. The first kappa shape index (κ1) is 13.0. The molecule has 1 aromatic rings. The maximum Gasteiger partial charge on any atom is 0.321 e. The van der Waals surface area contributed by atoms with Crippen LogP contribution in [0.4, 0.5) is 0 Å². The molecule has 0 radical (unpaired) electrons. The third-order valence-electron chi connectivity index (χ3n) is 2.47. The summed E-state index contributed by atoms with van der Waals surface area (Å²) in [4.78, 5) is 11.7. The highest BCUT2D eigenvalue weighted by molar-refractivity contribution is 9.10. The molecule has 2 N–H and O–H groups in total. The van der Waals surface area contributed by atoms with Crippen LogP contribution in [-0.2, 0) is 14.6 Å². The Labute approximate surface area is 111 Å². The van der Waals surface area contributed by atoms with Crippen LogP contribution in [-0.4, -0.2) is 37.0 Å². The molecule has 8 heteroatoms. The maximum atomic E-state index is 11.6. The minimum atomic E-state index is -3.32. The van der Waals surface area contributed by atoms with Crippen LogP contribution >= 0.6 is 27.3 Å². The molecule has 1 saturated heterocycles. The largest absolute Gasteiger partial charge is 0.480 e. The Morgan fingerprint density at radius 2 is 2.24 bits per heavy atom. The minimum Gasteiger partial charge on any atom is -0.480 e. The van der Waals surface area contributed by atoms with E-state index in [2.05, 4.69) is 21.2 Å². The van der Waals surface area contributed by atoms with Gasteiger partial charge in [-0.05, 0) is 22.0 Å². The zero-order chi connectivity index (χ0) is 12.6. The van der Waals surface area contributed by atoms with Crippen LogP contribution < -0.4 is 5.32 Å². The molecule has 0 spiro atoms. The second-order valence-electron chi connectivity index (χ2n) is 3.85. The minimum absolute atomic E-state index is 0.0519. The van der Waals surface area contributed by atoms with E-state index >= 15 is 0 Å². The summed E-state index contributed by atoms with van der Waals surface area (Å²) in [5.74, 6) is -1.52. The van der Waals surface area contributed by atoms with Crippen LogP contribution in [0.15, 0.2) is 15.9 Å². The fourth-order valence-corrected chi connectivity index (χ4v) is 5.01. The van der Waals surface area contributed by atoms with Crippen molar-refractivity contribution < 1.29 is 18.3 Å². The molecule has 0 amide bonds. The van der Waals surface area contributed by atoms with E-state index < -0.39 is 27.9 Å². The zero-order valence-corrected chi connectivity index (χ0v) is 11.8. The molecule has 1 fully saturated rings. The first-order valence-corrected chi connectivity index (χ1v) is 8.30. The van der Waals surface area contributed by atoms with Crippen molar-refractivity contribution in [2.45, 2.75) is 12.1 Å². The average Bonchev–Trinajstić information content (AvgIpc) is 2.62. The number of hydrogen-bond acceptors (Lipinski definition) is 5. The van der Waals surface area contributed by atoms with Gasteiger partial charge in [0.15, 0.2) is 9.84 Å². The van der Waals surface area contributed by atoms with Crippen molar-refractivity contribution >= 4 is 43.1 Å². The van der Waals surface area contributed by atoms with Crippen molar-refractivity contribution in [1.29, 1.82) is 0 Å². The number of aliphatic carboxylic acids is 1. The standard InChI is InChI=1S/C9H10BrNO4S2/c10-5-1-8(16-2-5)6-3-17(14,15)4-7(11-6)9(12)13/h1-2,6-7,11H,3-4H2,(H,12,13). The lowest BCUT2D eigenvalue weighted by molar-refractivity contribution is -0.139. The van der Waals surface area contributed by atoms with Crippen molar-refractivity contribution in [3.63, 3.8) is 0 Å². The maximum absolute atomic E-state index is 11.6. The van der Waals surface area contributed by atoms with Gasteiger partial charge in [-0.15, -0.1) is 11.3 Å². The quantitative estimate of drug-likeness (QED) is 0.840. The number of hydrogen-bond donors (Lipinski definition) is 2. The molecular weight excluding hydrogens is 330 g/mol. The van der Waals surface area contributed by atoms with Crippen LogP contribution in [0.3, 0.4) is 0 Å². The highest BCUT2D eigenvalue weighted by atomic mass is 79.9. The molecule has 2 unspecified atom stereocenters. The summed E-state index contributed by atoms with van der Waals surface area (Å²) in [6.07, 6.45) is 0. The normalized spacial score (nSPS) is 27.8. The summed E-state index contributed by atoms with van der Waals surface area (Å²) < 4.78 is 24.2. The number of carbonyl (C=O) groups is 1. The van der Waals surface area contributed by atoms with E-state index in [0.29, 0.717) is 0 Å². The van der Waals surface area contributed by atoms with Gasteiger partial charge in [0, 0.05) is 14.7 Å². The van der Waals surface area contributed by atoms with Gasteiger partial charge in [-0.25, -0.2) is 8.42 Å². The number of nitrogens with one attached hydrogen (secondary N) is 1. The lowest BCUT2D eigenvalue weighted by Crippen LogP contribution is -2.50. The van der Waals surface area contributed by atoms with E-state index in [4.69, 9.17) is 5.11 Å². The summed E-state index contributed by atoms with van der Waals surface area (Å²) in [5, 5.41) is 13.6. The van der Waals surface area contributed by atoms with Crippen molar-refractivity contribution in [2.24, 2.45) is 0 Å². The van der Waals surface area contributed by atoms with Crippen LogP contribution in [0.1, 0.15) is 10.9 Å². The van der Waals surface area contributed by atoms with Crippen LogP contribution in [0.25, 0.3) is 0 Å². The van der Waals surface area contributed by atoms with Gasteiger partial charge in [0.1, 0.15) is 6.04 Å². The smallest absolute Gasteiger partial charge is 0.321 e. The number of carboxylic acids is 1. The molecule has 0 aromatic carbocycles. The van der Waals surface area contributed by atoms with E-state index in [-0.39, 0.29) is 11.5 Å². The van der Waals surface area contributed by atoms with Gasteiger partial charge in [0.25, 0.3) is 0 Å². The van der Waals surface area contributed by atoms with Gasteiger partial charge in [-0.3, -0.25) is 10.1 Å². The van der Waals surface area contributed by atoms with E-state index in [9.17, 15) is 13.2 Å². The van der Waals surface area contributed by atoms with Gasteiger partial charge in [-0.1, -0.05) is 0 Å². The summed E-state index contributed by atoms with van der Waals surface area (Å²) in [5.41, 5.74) is 0. The molecule has 2 atom stereocenters. The molecule has 1 aliphatic rings. The first-order chi connectivity index (χ1) is 7.87. The van der Waals surface area contributed by atoms with Crippen LogP contribution in [0.5, 0.6) is 0 Å². The second-order valence-corrected chi connectivity index (χ2v) is 7.87. The number of carboxylic acid groups (broad SMARTS) is 1. The van der Waals surface area contributed by atoms with Gasteiger partial charge in [0.2, 0.25) is 0 Å². The zero-order valence-electron chi connectivity index (χ0n) is 8.59. The Morgan fingerprint density at radius 1 is 1.53 bits per heavy atom. The molecule has 0 saturated carbocycles. The Morgan fingerprint density at radius 3 is 2.76 bits per heavy atom. The van der Waals surface area contributed by atoms with E-state index in [1.807, 2.05) is 11.4 Å².